The van der Waals surface area contributed by atoms with Gasteiger partial charge in [0.2, 0.25) is 0 Å². The molecular formula is C26H30N2O3. The Balaban J connectivity index is 1.77. The van der Waals surface area contributed by atoms with Crippen molar-refractivity contribution in [3.8, 4) is 5.75 Å². The Morgan fingerprint density at radius 1 is 0.935 bits per heavy atom. The minimum absolute atomic E-state index is 0.239. The second kappa shape index (κ2) is 8.58. The van der Waals surface area contributed by atoms with Gasteiger partial charge in [-0.25, -0.2) is 4.90 Å². The van der Waals surface area contributed by atoms with Crippen LogP contribution in [0.25, 0.3) is 5.57 Å². The lowest BCUT2D eigenvalue weighted by atomic mass is 9.96. The molecule has 0 aromatic heterocycles. The first kappa shape index (κ1) is 21.2. The van der Waals surface area contributed by atoms with Crippen LogP contribution in [0, 0.1) is 19.8 Å². The Morgan fingerprint density at radius 2 is 1.61 bits per heavy atom. The van der Waals surface area contributed by atoms with Crippen LogP contribution in [0.2, 0.25) is 0 Å². The quantitative estimate of drug-likeness (QED) is 0.660. The second-order valence-corrected chi connectivity index (χ2v) is 8.56. The molecule has 5 nitrogen and oxygen atoms in total. The number of hydrogen-bond donors (Lipinski definition) is 0. The van der Waals surface area contributed by atoms with Crippen LogP contribution in [0.1, 0.15) is 43.4 Å². The Kier molecular flexibility index (Phi) is 5.86. The molecule has 0 saturated carbocycles. The van der Waals surface area contributed by atoms with E-state index < -0.39 is 0 Å². The third-order valence-corrected chi connectivity index (χ3v) is 6.36. The highest BCUT2D eigenvalue weighted by atomic mass is 16.5. The zero-order valence-corrected chi connectivity index (χ0v) is 18.8. The lowest BCUT2D eigenvalue weighted by molar-refractivity contribution is -0.120. The highest BCUT2D eigenvalue weighted by Crippen LogP contribution is 2.37. The molecule has 0 radical (unpaired) electrons. The summed E-state index contributed by atoms with van der Waals surface area (Å²) < 4.78 is 5.51. The summed E-state index contributed by atoms with van der Waals surface area (Å²) in [4.78, 5) is 30.7. The number of nitrogens with zero attached hydrogens (tertiary/aromatic N) is 2. The second-order valence-electron chi connectivity index (χ2n) is 8.56. The summed E-state index contributed by atoms with van der Waals surface area (Å²) in [5.41, 5.74) is 4.70. The van der Waals surface area contributed by atoms with Crippen LogP contribution < -0.4 is 9.64 Å². The van der Waals surface area contributed by atoms with Crippen molar-refractivity contribution < 1.29 is 14.3 Å². The Hall–Kier alpha value is -3.08. The zero-order valence-electron chi connectivity index (χ0n) is 18.8. The molecule has 0 N–H and O–H groups in total. The summed E-state index contributed by atoms with van der Waals surface area (Å²) in [6.07, 6.45) is 2.04. The van der Waals surface area contributed by atoms with Crippen LogP contribution in [0.15, 0.2) is 48.2 Å². The van der Waals surface area contributed by atoms with Crippen molar-refractivity contribution in [2.45, 2.75) is 40.5 Å². The van der Waals surface area contributed by atoms with Crippen molar-refractivity contribution in [3.05, 3.63) is 64.9 Å². The highest BCUT2D eigenvalue weighted by molar-refractivity contribution is 6.45. The number of hydrogen-bond acceptors (Lipinski definition) is 4. The Bertz CT molecular complexity index is 1030. The molecule has 0 aliphatic carbocycles. The monoisotopic (exact) mass is 418 g/mol. The molecule has 2 aromatic rings. The van der Waals surface area contributed by atoms with Gasteiger partial charge in [-0.2, -0.15) is 0 Å². The first-order valence-corrected chi connectivity index (χ1v) is 11.1. The summed E-state index contributed by atoms with van der Waals surface area (Å²) in [6, 6.07) is 13.2. The molecule has 1 fully saturated rings. The van der Waals surface area contributed by atoms with Gasteiger partial charge in [0, 0.05) is 13.1 Å². The molecule has 0 atom stereocenters. The first-order valence-electron chi connectivity index (χ1n) is 11.1. The standard InChI is InChI=1S/C26H30N2O3/c1-5-31-22-10-8-21(9-11-22)28-25(29)23(20-7-6-18(3)19(4)16-20)24(26(28)30)27-14-12-17(2)13-15-27/h6-11,16-17H,5,12-15H2,1-4H3. The van der Waals surface area contributed by atoms with Crippen LogP contribution in [0.4, 0.5) is 5.69 Å². The average molecular weight is 419 g/mol. The van der Waals surface area contributed by atoms with E-state index in [1.165, 1.54) is 4.90 Å². The zero-order chi connectivity index (χ0) is 22.1. The predicted molar refractivity (Wildman–Crippen MR) is 123 cm³/mol. The van der Waals surface area contributed by atoms with E-state index in [0.717, 1.165) is 48.4 Å². The fraction of sp³-hybridized carbons (Fsp3) is 0.385. The molecule has 31 heavy (non-hydrogen) atoms. The number of carbonyl (C=O) groups is 2. The molecular weight excluding hydrogens is 388 g/mol. The van der Waals surface area contributed by atoms with Crippen LogP contribution in [0.5, 0.6) is 5.75 Å². The topological polar surface area (TPSA) is 49.9 Å². The average Bonchev–Trinajstić information content (AvgIpc) is 3.02. The number of anilines is 1. The van der Waals surface area contributed by atoms with E-state index in [-0.39, 0.29) is 11.8 Å². The van der Waals surface area contributed by atoms with Gasteiger partial charge in [0.25, 0.3) is 11.8 Å². The van der Waals surface area contributed by atoms with Gasteiger partial charge < -0.3 is 9.64 Å². The number of piperidine rings is 1. The van der Waals surface area contributed by atoms with Gasteiger partial charge in [-0.05, 0) is 80.5 Å². The van der Waals surface area contributed by atoms with Crippen molar-refractivity contribution >= 4 is 23.1 Å². The molecule has 2 aromatic carbocycles. The first-order chi connectivity index (χ1) is 14.9. The molecule has 0 unspecified atom stereocenters. The molecule has 0 bridgehead atoms. The van der Waals surface area contributed by atoms with E-state index in [0.29, 0.717) is 29.5 Å². The summed E-state index contributed by atoms with van der Waals surface area (Å²) >= 11 is 0. The van der Waals surface area contributed by atoms with E-state index in [2.05, 4.69) is 11.8 Å². The minimum Gasteiger partial charge on any atom is -0.494 e. The van der Waals surface area contributed by atoms with Crippen molar-refractivity contribution in [2.75, 3.05) is 24.6 Å². The number of aryl methyl sites for hydroxylation is 2. The smallest absolute Gasteiger partial charge is 0.282 e. The summed E-state index contributed by atoms with van der Waals surface area (Å²) in [5.74, 6) is 0.859. The molecule has 2 heterocycles. The lowest BCUT2D eigenvalue weighted by Crippen LogP contribution is -2.38. The Morgan fingerprint density at radius 3 is 2.23 bits per heavy atom. The fourth-order valence-electron chi connectivity index (χ4n) is 4.29. The van der Waals surface area contributed by atoms with E-state index in [1.54, 1.807) is 24.3 Å². The normalized spacial score (nSPS) is 17.7. The number of benzene rings is 2. The van der Waals surface area contributed by atoms with E-state index in [4.69, 9.17) is 4.74 Å². The van der Waals surface area contributed by atoms with Gasteiger partial charge in [0.15, 0.2) is 0 Å². The molecule has 2 amide bonds. The predicted octanol–water partition coefficient (Wildman–Crippen LogP) is 4.72. The Labute approximate surface area is 184 Å². The summed E-state index contributed by atoms with van der Waals surface area (Å²) in [6.45, 7) is 10.4. The van der Waals surface area contributed by atoms with Gasteiger partial charge in [-0.3, -0.25) is 9.59 Å². The van der Waals surface area contributed by atoms with E-state index in [9.17, 15) is 9.59 Å². The maximum absolute atomic E-state index is 13.6. The number of carbonyl (C=O) groups excluding carboxylic acids is 2. The van der Waals surface area contributed by atoms with Crippen molar-refractivity contribution in [2.24, 2.45) is 5.92 Å². The largest absolute Gasteiger partial charge is 0.494 e. The number of amides is 2. The summed E-state index contributed by atoms with van der Waals surface area (Å²) in [5, 5.41) is 0. The summed E-state index contributed by atoms with van der Waals surface area (Å²) in [7, 11) is 0. The van der Waals surface area contributed by atoms with Crippen molar-refractivity contribution in [3.63, 3.8) is 0 Å². The number of ether oxygens (including phenoxy) is 1. The molecule has 1 saturated heterocycles. The number of rotatable bonds is 5. The van der Waals surface area contributed by atoms with Gasteiger partial charge in [-0.1, -0.05) is 25.1 Å². The van der Waals surface area contributed by atoms with Crippen LogP contribution in [-0.2, 0) is 9.59 Å². The van der Waals surface area contributed by atoms with Gasteiger partial charge in [0.1, 0.15) is 11.4 Å². The van der Waals surface area contributed by atoms with Gasteiger partial charge >= 0.3 is 0 Å². The maximum atomic E-state index is 13.6. The van der Waals surface area contributed by atoms with E-state index in [1.807, 2.05) is 39.0 Å². The highest BCUT2D eigenvalue weighted by Gasteiger charge is 2.43. The minimum atomic E-state index is -0.258. The third kappa shape index (κ3) is 3.97. The van der Waals surface area contributed by atoms with Gasteiger partial charge in [-0.15, -0.1) is 0 Å². The third-order valence-electron chi connectivity index (χ3n) is 6.36. The number of imide groups is 1. The molecule has 2 aliphatic heterocycles. The van der Waals surface area contributed by atoms with Crippen LogP contribution in [-0.4, -0.2) is 36.4 Å². The fourth-order valence-corrected chi connectivity index (χ4v) is 4.29. The number of likely N-dealkylation sites (tertiary alicyclic amines) is 1. The van der Waals surface area contributed by atoms with Crippen molar-refractivity contribution in [1.29, 1.82) is 0 Å². The van der Waals surface area contributed by atoms with Crippen LogP contribution in [0.3, 0.4) is 0 Å². The van der Waals surface area contributed by atoms with E-state index >= 15 is 0 Å². The maximum Gasteiger partial charge on any atom is 0.282 e. The molecule has 5 heteroatoms. The van der Waals surface area contributed by atoms with Gasteiger partial charge in [0.05, 0.1) is 17.9 Å². The van der Waals surface area contributed by atoms with Crippen LogP contribution >= 0.6 is 0 Å². The molecule has 162 valence electrons. The van der Waals surface area contributed by atoms with Crippen molar-refractivity contribution in [1.82, 2.24) is 4.90 Å². The lowest BCUT2D eigenvalue weighted by Gasteiger charge is -2.32. The molecule has 4 rings (SSSR count). The SMILES string of the molecule is CCOc1ccc(N2C(=O)C(c3ccc(C)c(C)c3)=C(N3CCC(C)CC3)C2=O)cc1. The molecule has 0 spiro atoms. The molecule has 2 aliphatic rings.